The van der Waals surface area contributed by atoms with Crippen LogP contribution >= 0.6 is 0 Å². The van der Waals surface area contributed by atoms with Gasteiger partial charge in [0.15, 0.2) is 0 Å². The lowest BCUT2D eigenvalue weighted by Gasteiger charge is -1.92. The summed E-state index contributed by atoms with van der Waals surface area (Å²) in [6.45, 7) is 16.1. The lowest BCUT2D eigenvalue weighted by atomic mass is 10.2. The van der Waals surface area contributed by atoms with E-state index < -0.39 is 0 Å². The van der Waals surface area contributed by atoms with Crippen LogP contribution in [0.1, 0.15) is 60.1 Å². The van der Waals surface area contributed by atoms with E-state index in [0.717, 1.165) is 0 Å². The Labute approximate surface area is 98.0 Å². The van der Waals surface area contributed by atoms with Gasteiger partial charge >= 0.3 is 0 Å². The van der Waals surface area contributed by atoms with Crippen molar-refractivity contribution in [1.29, 1.82) is 0 Å². The fraction of sp³-hybridized carbons (Fsp3) is 0.643. The zero-order chi connectivity index (χ0) is 12.0. The summed E-state index contributed by atoms with van der Waals surface area (Å²) in [4.78, 5) is 3.95. The molecule has 0 aromatic carbocycles. The minimum Gasteiger partial charge on any atom is -0.264 e. The van der Waals surface area contributed by atoms with Gasteiger partial charge in [0.2, 0.25) is 0 Å². The molecule has 1 aromatic rings. The van der Waals surface area contributed by atoms with Crippen LogP contribution in [0.15, 0.2) is 18.5 Å². The van der Waals surface area contributed by atoms with Crippen molar-refractivity contribution in [2.24, 2.45) is 0 Å². The number of pyridine rings is 1. The van der Waals surface area contributed by atoms with E-state index in [1.165, 1.54) is 11.1 Å². The molecule has 0 saturated heterocycles. The molecular weight excluding hydrogens is 182 g/mol. The molecule has 0 amide bonds. The summed E-state index contributed by atoms with van der Waals surface area (Å²) in [5, 5.41) is 0. The Hall–Kier alpha value is -0.850. The van der Waals surface area contributed by atoms with Gasteiger partial charge < -0.3 is 0 Å². The van der Waals surface area contributed by atoms with E-state index in [1.54, 1.807) is 0 Å². The standard InChI is InChI=1S/C7H9N.3C2H6.CH4/c1-6-3-4-8-5-7(6)2;3*1-2;/h3-5H,1-2H3;3*1-2H3;1H4. The number of hydrogen-bond donors (Lipinski definition) is 0. The molecular formula is C14H31N. The molecule has 0 radical (unpaired) electrons. The molecule has 0 N–H and O–H groups in total. The molecule has 1 rings (SSSR count). The monoisotopic (exact) mass is 213 g/mol. The average Bonchev–Trinajstić information content (AvgIpc) is 2.31. The third-order valence-electron chi connectivity index (χ3n) is 1.30. The molecule has 0 spiro atoms. The highest BCUT2D eigenvalue weighted by Crippen LogP contribution is 2.00. The van der Waals surface area contributed by atoms with E-state index in [4.69, 9.17) is 0 Å². The summed E-state index contributed by atoms with van der Waals surface area (Å²) >= 11 is 0. The quantitative estimate of drug-likeness (QED) is 0.561. The number of aromatic nitrogens is 1. The molecule has 15 heavy (non-hydrogen) atoms. The van der Waals surface area contributed by atoms with Crippen molar-refractivity contribution in [1.82, 2.24) is 4.98 Å². The smallest absolute Gasteiger partial charge is 0.0299 e. The number of hydrogen-bond acceptors (Lipinski definition) is 1. The maximum Gasteiger partial charge on any atom is 0.0299 e. The largest absolute Gasteiger partial charge is 0.264 e. The molecule has 1 heterocycles. The van der Waals surface area contributed by atoms with Gasteiger partial charge in [-0.1, -0.05) is 49.0 Å². The van der Waals surface area contributed by atoms with Crippen molar-refractivity contribution in [2.75, 3.05) is 0 Å². The summed E-state index contributed by atoms with van der Waals surface area (Å²) in [5.74, 6) is 0. The molecule has 0 fully saturated rings. The first-order chi connectivity index (χ1) is 6.80. The van der Waals surface area contributed by atoms with Gasteiger partial charge in [-0.2, -0.15) is 0 Å². The zero-order valence-electron chi connectivity index (χ0n) is 11.2. The van der Waals surface area contributed by atoms with Crippen LogP contribution in [0.5, 0.6) is 0 Å². The second-order valence-electron chi connectivity index (χ2n) is 1.96. The Morgan fingerprint density at radius 2 is 1.20 bits per heavy atom. The van der Waals surface area contributed by atoms with Crippen LogP contribution in [0, 0.1) is 13.8 Å². The Kier molecular flexibility index (Phi) is 36.7. The average molecular weight is 213 g/mol. The lowest BCUT2D eigenvalue weighted by molar-refractivity contribution is 1.22. The molecule has 0 atom stereocenters. The fourth-order valence-electron chi connectivity index (χ4n) is 0.543. The normalized spacial score (nSPS) is 6.13. The molecule has 1 heteroatoms. The van der Waals surface area contributed by atoms with Crippen molar-refractivity contribution < 1.29 is 0 Å². The first-order valence-electron chi connectivity index (χ1n) is 5.68. The predicted molar refractivity (Wildman–Crippen MR) is 74.5 cm³/mol. The van der Waals surface area contributed by atoms with Crippen molar-refractivity contribution in [3.8, 4) is 0 Å². The van der Waals surface area contributed by atoms with Gasteiger partial charge in [0.05, 0.1) is 0 Å². The van der Waals surface area contributed by atoms with Gasteiger partial charge in [-0.25, -0.2) is 0 Å². The third-order valence-corrected chi connectivity index (χ3v) is 1.30. The highest BCUT2D eigenvalue weighted by atomic mass is 14.6. The molecule has 0 bridgehead atoms. The first kappa shape index (κ1) is 23.8. The molecule has 1 nitrogen and oxygen atoms in total. The second kappa shape index (κ2) is 23.2. The van der Waals surface area contributed by atoms with Crippen LogP contribution in [0.2, 0.25) is 0 Å². The number of aryl methyl sites for hydroxylation is 2. The number of rotatable bonds is 0. The summed E-state index contributed by atoms with van der Waals surface area (Å²) < 4.78 is 0. The minimum absolute atomic E-state index is 0. The molecule has 0 unspecified atom stereocenters. The van der Waals surface area contributed by atoms with E-state index in [-0.39, 0.29) is 7.43 Å². The van der Waals surface area contributed by atoms with Crippen LogP contribution in [-0.2, 0) is 0 Å². The van der Waals surface area contributed by atoms with Crippen LogP contribution in [0.4, 0.5) is 0 Å². The van der Waals surface area contributed by atoms with E-state index in [0.29, 0.717) is 0 Å². The van der Waals surface area contributed by atoms with Gasteiger partial charge in [0, 0.05) is 12.4 Å². The lowest BCUT2D eigenvalue weighted by Crippen LogP contribution is -1.78. The van der Waals surface area contributed by atoms with Crippen LogP contribution in [0.25, 0.3) is 0 Å². The third kappa shape index (κ3) is 15.9. The van der Waals surface area contributed by atoms with Crippen molar-refractivity contribution in [3.05, 3.63) is 29.6 Å². The highest BCUT2D eigenvalue weighted by molar-refractivity contribution is 5.18. The van der Waals surface area contributed by atoms with E-state index in [1.807, 2.05) is 60.0 Å². The van der Waals surface area contributed by atoms with E-state index >= 15 is 0 Å². The van der Waals surface area contributed by atoms with Gasteiger partial charge in [-0.15, -0.1) is 0 Å². The second-order valence-corrected chi connectivity index (χ2v) is 1.96. The number of nitrogens with zero attached hydrogens (tertiary/aromatic N) is 1. The van der Waals surface area contributed by atoms with Crippen LogP contribution in [0.3, 0.4) is 0 Å². The van der Waals surface area contributed by atoms with Crippen molar-refractivity contribution >= 4 is 0 Å². The van der Waals surface area contributed by atoms with Crippen molar-refractivity contribution in [3.63, 3.8) is 0 Å². The minimum atomic E-state index is 0. The summed E-state index contributed by atoms with van der Waals surface area (Å²) in [6, 6.07) is 2.01. The maximum atomic E-state index is 3.95. The molecule has 0 aliphatic heterocycles. The molecule has 0 aliphatic rings. The van der Waals surface area contributed by atoms with Gasteiger partial charge in [0.1, 0.15) is 0 Å². The summed E-state index contributed by atoms with van der Waals surface area (Å²) in [7, 11) is 0. The SMILES string of the molecule is C.CC.CC.CC.Cc1ccncc1C. The van der Waals surface area contributed by atoms with Gasteiger partial charge in [0.25, 0.3) is 0 Å². The maximum absolute atomic E-state index is 3.95. The molecule has 1 aromatic heterocycles. The highest BCUT2D eigenvalue weighted by Gasteiger charge is 1.84. The summed E-state index contributed by atoms with van der Waals surface area (Å²) in [6.07, 6.45) is 3.68. The van der Waals surface area contributed by atoms with E-state index in [2.05, 4.69) is 18.8 Å². The Balaban J connectivity index is -0.0000000755. The van der Waals surface area contributed by atoms with Crippen LogP contribution in [-0.4, -0.2) is 4.98 Å². The Bertz CT molecular complexity index is 161. The van der Waals surface area contributed by atoms with E-state index in [9.17, 15) is 0 Å². The topological polar surface area (TPSA) is 12.9 Å². The molecule has 92 valence electrons. The molecule has 0 aliphatic carbocycles. The summed E-state index contributed by atoms with van der Waals surface area (Å²) in [5.41, 5.74) is 2.56. The predicted octanol–water partition coefficient (Wildman–Crippen LogP) is 5.41. The van der Waals surface area contributed by atoms with Crippen LogP contribution < -0.4 is 0 Å². The van der Waals surface area contributed by atoms with Gasteiger partial charge in [-0.3, -0.25) is 4.98 Å². The fourth-order valence-corrected chi connectivity index (χ4v) is 0.543. The Morgan fingerprint density at radius 3 is 1.40 bits per heavy atom. The zero-order valence-corrected chi connectivity index (χ0v) is 11.2. The van der Waals surface area contributed by atoms with Crippen molar-refractivity contribution in [2.45, 2.75) is 62.8 Å². The molecule has 0 saturated carbocycles. The van der Waals surface area contributed by atoms with Gasteiger partial charge in [-0.05, 0) is 31.0 Å². The Morgan fingerprint density at radius 1 is 0.800 bits per heavy atom. The first-order valence-corrected chi connectivity index (χ1v) is 5.68.